The van der Waals surface area contributed by atoms with Gasteiger partial charge in [-0.05, 0) is 36.6 Å². The highest BCUT2D eigenvalue weighted by Crippen LogP contribution is 2.32. The SMILES string of the molecule is c1cc(NCc2ccc3c(c2)OCO3)nc(NC2CC2)n1. The number of anilines is 2. The Morgan fingerprint density at radius 2 is 2.05 bits per heavy atom. The molecule has 6 heteroatoms. The Morgan fingerprint density at radius 1 is 1.14 bits per heavy atom. The summed E-state index contributed by atoms with van der Waals surface area (Å²) in [5, 5.41) is 6.59. The maximum absolute atomic E-state index is 5.38. The molecular formula is C15H16N4O2. The standard InChI is InChI=1S/C15H16N4O2/c1-4-12-13(21-9-20-12)7-10(1)8-17-14-5-6-16-15(19-14)18-11-2-3-11/h1,4-7,11H,2-3,8-9H2,(H2,16,17,18,19). The van der Waals surface area contributed by atoms with E-state index in [2.05, 4.69) is 20.6 Å². The Hall–Kier alpha value is -2.50. The van der Waals surface area contributed by atoms with Crippen LogP contribution in [-0.4, -0.2) is 22.8 Å². The van der Waals surface area contributed by atoms with Gasteiger partial charge in [0.1, 0.15) is 5.82 Å². The summed E-state index contributed by atoms with van der Waals surface area (Å²) in [5.74, 6) is 3.10. The largest absolute Gasteiger partial charge is 0.454 e. The van der Waals surface area contributed by atoms with Gasteiger partial charge in [0, 0.05) is 18.8 Å². The minimum Gasteiger partial charge on any atom is -0.454 e. The highest BCUT2D eigenvalue weighted by Gasteiger charge is 2.21. The first kappa shape index (κ1) is 12.3. The molecule has 1 aliphatic heterocycles. The van der Waals surface area contributed by atoms with Crippen molar-refractivity contribution >= 4 is 11.8 Å². The van der Waals surface area contributed by atoms with Crippen LogP contribution in [0.25, 0.3) is 0 Å². The van der Waals surface area contributed by atoms with Gasteiger partial charge in [-0.2, -0.15) is 4.98 Å². The summed E-state index contributed by atoms with van der Waals surface area (Å²) in [4.78, 5) is 8.67. The summed E-state index contributed by atoms with van der Waals surface area (Å²) >= 11 is 0. The van der Waals surface area contributed by atoms with E-state index in [0.717, 1.165) is 22.9 Å². The number of aromatic nitrogens is 2. The maximum atomic E-state index is 5.38. The molecule has 1 aromatic carbocycles. The minimum atomic E-state index is 0.300. The highest BCUT2D eigenvalue weighted by molar-refractivity contribution is 5.46. The van der Waals surface area contributed by atoms with E-state index in [4.69, 9.17) is 9.47 Å². The fraction of sp³-hybridized carbons (Fsp3) is 0.333. The zero-order valence-electron chi connectivity index (χ0n) is 11.5. The quantitative estimate of drug-likeness (QED) is 0.878. The van der Waals surface area contributed by atoms with Crippen LogP contribution in [-0.2, 0) is 6.54 Å². The third-order valence-electron chi connectivity index (χ3n) is 3.48. The maximum Gasteiger partial charge on any atom is 0.231 e. The van der Waals surface area contributed by atoms with Gasteiger partial charge in [-0.15, -0.1) is 0 Å². The van der Waals surface area contributed by atoms with Crippen LogP contribution in [0.3, 0.4) is 0 Å². The lowest BCUT2D eigenvalue weighted by Crippen LogP contribution is -2.07. The van der Waals surface area contributed by atoms with Crippen molar-refractivity contribution in [3.63, 3.8) is 0 Å². The predicted molar refractivity (Wildman–Crippen MR) is 78.6 cm³/mol. The Balaban J connectivity index is 1.41. The first-order valence-corrected chi connectivity index (χ1v) is 7.09. The van der Waals surface area contributed by atoms with E-state index in [1.54, 1.807) is 6.20 Å². The van der Waals surface area contributed by atoms with Gasteiger partial charge in [-0.25, -0.2) is 4.98 Å². The molecule has 1 fully saturated rings. The van der Waals surface area contributed by atoms with Crippen molar-refractivity contribution in [2.45, 2.75) is 25.4 Å². The van der Waals surface area contributed by atoms with Crippen molar-refractivity contribution in [3.05, 3.63) is 36.0 Å². The van der Waals surface area contributed by atoms with E-state index < -0.39 is 0 Å². The van der Waals surface area contributed by atoms with Crippen LogP contribution in [0, 0.1) is 0 Å². The van der Waals surface area contributed by atoms with E-state index in [9.17, 15) is 0 Å². The van der Waals surface area contributed by atoms with Gasteiger partial charge in [0.15, 0.2) is 11.5 Å². The summed E-state index contributed by atoms with van der Waals surface area (Å²) in [7, 11) is 0. The molecule has 0 amide bonds. The van der Waals surface area contributed by atoms with E-state index in [1.165, 1.54) is 12.8 Å². The van der Waals surface area contributed by atoms with Gasteiger partial charge in [-0.3, -0.25) is 0 Å². The summed E-state index contributed by atoms with van der Waals surface area (Å²) in [6.45, 7) is 0.977. The number of fused-ring (bicyclic) bond motifs is 1. The van der Waals surface area contributed by atoms with Crippen molar-refractivity contribution in [2.75, 3.05) is 17.4 Å². The average molecular weight is 284 g/mol. The Bertz CT molecular complexity index is 658. The number of benzene rings is 1. The Labute approximate surface area is 122 Å². The molecule has 4 rings (SSSR count). The molecule has 1 saturated carbocycles. The molecule has 2 N–H and O–H groups in total. The van der Waals surface area contributed by atoms with E-state index in [1.807, 2.05) is 24.3 Å². The normalized spacial score (nSPS) is 15.8. The van der Waals surface area contributed by atoms with Gasteiger partial charge in [0.25, 0.3) is 0 Å². The van der Waals surface area contributed by atoms with Crippen LogP contribution in [0.2, 0.25) is 0 Å². The fourth-order valence-corrected chi connectivity index (χ4v) is 2.18. The zero-order valence-corrected chi connectivity index (χ0v) is 11.5. The number of nitrogens with zero attached hydrogens (tertiary/aromatic N) is 2. The molecule has 0 saturated heterocycles. The molecule has 0 unspecified atom stereocenters. The molecule has 2 aromatic rings. The number of hydrogen-bond donors (Lipinski definition) is 2. The first-order chi connectivity index (χ1) is 10.4. The van der Waals surface area contributed by atoms with Gasteiger partial charge in [-0.1, -0.05) is 6.07 Å². The third kappa shape index (κ3) is 2.84. The first-order valence-electron chi connectivity index (χ1n) is 7.09. The lowest BCUT2D eigenvalue weighted by Gasteiger charge is -2.08. The third-order valence-corrected chi connectivity index (χ3v) is 3.48. The molecule has 108 valence electrons. The molecular weight excluding hydrogens is 268 g/mol. The molecule has 1 aromatic heterocycles. The molecule has 0 atom stereocenters. The van der Waals surface area contributed by atoms with Crippen molar-refractivity contribution in [2.24, 2.45) is 0 Å². The zero-order chi connectivity index (χ0) is 14.1. The topological polar surface area (TPSA) is 68.3 Å². The molecule has 0 bridgehead atoms. The Morgan fingerprint density at radius 3 is 2.95 bits per heavy atom. The highest BCUT2D eigenvalue weighted by atomic mass is 16.7. The number of rotatable bonds is 5. The summed E-state index contributed by atoms with van der Waals surface area (Å²) in [5.41, 5.74) is 1.12. The number of ether oxygens (including phenoxy) is 2. The molecule has 21 heavy (non-hydrogen) atoms. The molecule has 0 spiro atoms. The minimum absolute atomic E-state index is 0.300. The fourth-order valence-electron chi connectivity index (χ4n) is 2.18. The second-order valence-electron chi connectivity index (χ2n) is 5.23. The van der Waals surface area contributed by atoms with Crippen molar-refractivity contribution in [3.8, 4) is 11.5 Å². The van der Waals surface area contributed by atoms with Gasteiger partial charge >= 0.3 is 0 Å². The Kier molecular flexibility index (Phi) is 2.99. The second-order valence-corrected chi connectivity index (χ2v) is 5.23. The van der Waals surface area contributed by atoms with Gasteiger partial charge < -0.3 is 20.1 Å². The molecule has 1 aliphatic carbocycles. The van der Waals surface area contributed by atoms with Crippen LogP contribution in [0.4, 0.5) is 11.8 Å². The molecule has 6 nitrogen and oxygen atoms in total. The van der Waals surface area contributed by atoms with Crippen LogP contribution in [0.15, 0.2) is 30.5 Å². The molecule has 0 radical (unpaired) electrons. The van der Waals surface area contributed by atoms with E-state index in [-0.39, 0.29) is 0 Å². The van der Waals surface area contributed by atoms with Crippen molar-refractivity contribution in [1.29, 1.82) is 0 Å². The second kappa shape index (κ2) is 5.12. The summed E-state index contributed by atoms with van der Waals surface area (Å²) < 4.78 is 10.7. The van der Waals surface area contributed by atoms with Crippen LogP contribution in [0.1, 0.15) is 18.4 Å². The molecule has 2 heterocycles. The van der Waals surface area contributed by atoms with Crippen LogP contribution < -0.4 is 20.1 Å². The lowest BCUT2D eigenvalue weighted by molar-refractivity contribution is 0.174. The van der Waals surface area contributed by atoms with Gasteiger partial charge in [0.05, 0.1) is 0 Å². The summed E-state index contributed by atoms with van der Waals surface area (Å²) in [6, 6.07) is 8.35. The van der Waals surface area contributed by atoms with Crippen molar-refractivity contribution < 1.29 is 9.47 Å². The monoisotopic (exact) mass is 284 g/mol. The van der Waals surface area contributed by atoms with Crippen molar-refractivity contribution in [1.82, 2.24) is 9.97 Å². The lowest BCUT2D eigenvalue weighted by atomic mass is 10.2. The van der Waals surface area contributed by atoms with E-state index in [0.29, 0.717) is 25.3 Å². The number of hydrogen-bond acceptors (Lipinski definition) is 6. The van der Waals surface area contributed by atoms with Crippen LogP contribution in [0.5, 0.6) is 11.5 Å². The smallest absolute Gasteiger partial charge is 0.231 e. The predicted octanol–water partition coefficient (Wildman–Crippen LogP) is 2.39. The summed E-state index contributed by atoms with van der Waals surface area (Å²) in [6.07, 6.45) is 4.18. The number of nitrogens with one attached hydrogen (secondary N) is 2. The van der Waals surface area contributed by atoms with Crippen LogP contribution >= 0.6 is 0 Å². The van der Waals surface area contributed by atoms with E-state index >= 15 is 0 Å². The van der Waals surface area contributed by atoms with Gasteiger partial charge in [0.2, 0.25) is 12.7 Å². The average Bonchev–Trinajstić information content (AvgIpc) is 3.19. The molecule has 2 aliphatic rings.